The summed E-state index contributed by atoms with van der Waals surface area (Å²) in [4.78, 5) is 0. The molecular formula is C18H27NO2. The van der Waals surface area contributed by atoms with Gasteiger partial charge < -0.3 is 14.8 Å². The number of fused-ring (bicyclic) bond motifs is 1. The number of ether oxygens (including phenoxy) is 2. The largest absolute Gasteiger partial charge is 0.384 e. The number of hydrogen-bond donors (Lipinski definition) is 1. The van der Waals surface area contributed by atoms with Crippen molar-refractivity contribution >= 4 is 5.69 Å². The predicted octanol–water partition coefficient (Wildman–Crippen LogP) is 3.49. The highest BCUT2D eigenvalue weighted by Crippen LogP contribution is 2.52. The molecule has 1 aliphatic heterocycles. The molecule has 1 aromatic carbocycles. The molecule has 2 fully saturated rings. The Labute approximate surface area is 128 Å². The molecule has 0 bridgehead atoms. The number of methoxy groups -OCH3 is 1. The van der Waals surface area contributed by atoms with Crippen LogP contribution in [0.4, 0.5) is 5.69 Å². The zero-order valence-corrected chi connectivity index (χ0v) is 13.4. The van der Waals surface area contributed by atoms with Crippen LogP contribution in [0.15, 0.2) is 24.3 Å². The van der Waals surface area contributed by atoms with E-state index in [1.807, 2.05) is 0 Å². The summed E-state index contributed by atoms with van der Waals surface area (Å²) < 4.78 is 11.2. The molecule has 3 unspecified atom stereocenters. The van der Waals surface area contributed by atoms with Gasteiger partial charge in [-0.3, -0.25) is 0 Å². The Hall–Kier alpha value is -1.06. The quantitative estimate of drug-likeness (QED) is 0.900. The van der Waals surface area contributed by atoms with Gasteiger partial charge in [-0.1, -0.05) is 32.0 Å². The molecule has 0 amide bonds. The Morgan fingerprint density at radius 3 is 2.95 bits per heavy atom. The first-order chi connectivity index (χ1) is 10.1. The standard InChI is InChI=1S/C18H27NO2/c1-18(2)16(14-8-6-11-21-17(14)18)19-15-9-5-4-7-13(15)10-12-20-3/h4-5,7,9,14,16-17,19H,6,8,10-12H2,1-3H3. The number of rotatable bonds is 5. The zero-order chi connectivity index (χ0) is 14.9. The van der Waals surface area contributed by atoms with Gasteiger partial charge in [-0.05, 0) is 30.9 Å². The molecular weight excluding hydrogens is 262 g/mol. The normalized spacial score (nSPS) is 30.3. The molecule has 3 atom stereocenters. The molecule has 1 aliphatic carbocycles. The minimum absolute atomic E-state index is 0.208. The van der Waals surface area contributed by atoms with Crippen LogP contribution < -0.4 is 5.32 Å². The van der Waals surface area contributed by atoms with Gasteiger partial charge in [0.2, 0.25) is 0 Å². The molecule has 116 valence electrons. The number of para-hydroxylation sites is 1. The van der Waals surface area contributed by atoms with Gasteiger partial charge in [0, 0.05) is 36.8 Å². The van der Waals surface area contributed by atoms with Gasteiger partial charge in [-0.25, -0.2) is 0 Å². The van der Waals surface area contributed by atoms with Crippen LogP contribution in [0.3, 0.4) is 0 Å². The second kappa shape index (κ2) is 5.98. The van der Waals surface area contributed by atoms with Crippen molar-refractivity contribution in [3.63, 3.8) is 0 Å². The van der Waals surface area contributed by atoms with Crippen LogP contribution >= 0.6 is 0 Å². The molecule has 0 spiro atoms. The Kier molecular flexibility index (Phi) is 4.23. The van der Waals surface area contributed by atoms with Gasteiger partial charge in [-0.2, -0.15) is 0 Å². The summed E-state index contributed by atoms with van der Waals surface area (Å²) in [6.07, 6.45) is 3.86. The third-order valence-corrected chi connectivity index (χ3v) is 5.23. The van der Waals surface area contributed by atoms with Crippen molar-refractivity contribution in [3.8, 4) is 0 Å². The lowest BCUT2D eigenvalue weighted by Crippen LogP contribution is -2.67. The summed E-state index contributed by atoms with van der Waals surface area (Å²) in [7, 11) is 1.76. The average molecular weight is 289 g/mol. The van der Waals surface area contributed by atoms with Crippen LogP contribution in [-0.4, -0.2) is 32.5 Å². The van der Waals surface area contributed by atoms with E-state index in [0.29, 0.717) is 18.1 Å². The van der Waals surface area contributed by atoms with Crippen molar-refractivity contribution in [2.75, 3.05) is 25.6 Å². The van der Waals surface area contributed by atoms with Crippen molar-refractivity contribution in [2.45, 2.75) is 45.3 Å². The van der Waals surface area contributed by atoms with Crippen molar-refractivity contribution in [1.82, 2.24) is 0 Å². The maximum Gasteiger partial charge on any atom is 0.0693 e. The van der Waals surface area contributed by atoms with E-state index in [9.17, 15) is 0 Å². The Bertz CT molecular complexity index is 486. The van der Waals surface area contributed by atoms with E-state index in [-0.39, 0.29) is 5.41 Å². The summed E-state index contributed by atoms with van der Waals surface area (Å²) >= 11 is 0. The van der Waals surface area contributed by atoms with Gasteiger partial charge >= 0.3 is 0 Å². The van der Waals surface area contributed by atoms with Gasteiger partial charge in [0.15, 0.2) is 0 Å². The predicted molar refractivity (Wildman–Crippen MR) is 85.7 cm³/mol. The monoisotopic (exact) mass is 289 g/mol. The molecule has 3 nitrogen and oxygen atoms in total. The molecule has 1 N–H and O–H groups in total. The van der Waals surface area contributed by atoms with E-state index >= 15 is 0 Å². The van der Waals surface area contributed by atoms with E-state index < -0.39 is 0 Å². The SMILES string of the molecule is COCCc1ccccc1NC1C2CCCOC2C1(C)C. The number of hydrogen-bond acceptors (Lipinski definition) is 3. The third-order valence-electron chi connectivity index (χ3n) is 5.23. The number of benzene rings is 1. The second-order valence-electron chi connectivity index (χ2n) is 6.94. The van der Waals surface area contributed by atoms with Crippen molar-refractivity contribution < 1.29 is 9.47 Å². The van der Waals surface area contributed by atoms with E-state index in [0.717, 1.165) is 19.6 Å². The fourth-order valence-electron chi connectivity index (χ4n) is 4.07. The first-order valence-corrected chi connectivity index (χ1v) is 8.09. The fraction of sp³-hybridized carbons (Fsp3) is 0.667. The summed E-state index contributed by atoms with van der Waals surface area (Å²) in [5.74, 6) is 0.657. The Morgan fingerprint density at radius 1 is 1.33 bits per heavy atom. The van der Waals surface area contributed by atoms with Gasteiger partial charge in [0.25, 0.3) is 0 Å². The maximum absolute atomic E-state index is 6.00. The molecule has 1 saturated heterocycles. The minimum atomic E-state index is 0.208. The van der Waals surface area contributed by atoms with Crippen molar-refractivity contribution in [3.05, 3.63) is 29.8 Å². The smallest absolute Gasteiger partial charge is 0.0693 e. The summed E-state index contributed by atoms with van der Waals surface area (Å²) in [6, 6.07) is 9.11. The third kappa shape index (κ3) is 2.69. The van der Waals surface area contributed by atoms with Crippen LogP contribution in [0.25, 0.3) is 0 Å². The van der Waals surface area contributed by atoms with Crippen LogP contribution in [0.1, 0.15) is 32.3 Å². The second-order valence-corrected chi connectivity index (χ2v) is 6.94. The average Bonchev–Trinajstić information content (AvgIpc) is 2.51. The molecule has 1 heterocycles. The number of nitrogens with one attached hydrogen (secondary N) is 1. The van der Waals surface area contributed by atoms with Gasteiger partial charge in [0.1, 0.15) is 0 Å². The molecule has 3 heteroatoms. The van der Waals surface area contributed by atoms with Crippen LogP contribution in [0.5, 0.6) is 0 Å². The summed E-state index contributed by atoms with van der Waals surface area (Å²) in [6.45, 7) is 6.35. The molecule has 0 aromatic heterocycles. The molecule has 3 rings (SSSR count). The topological polar surface area (TPSA) is 30.5 Å². The highest BCUT2D eigenvalue weighted by molar-refractivity contribution is 5.53. The van der Waals surface area contributed by atoms with E-state index in [2.05, 4.69) is 43.4 Å². The van der Waals surface area contributed by atoms with E-state index in [4.69, 9.17) is 9.47 Å². The molecule has 0 radical (unpaired) electrons. The lowest BCUT2D eigenvalue weighted by Gasteiger charge is -2.60. The minimum Gasteiger partial charge on any atom is -0.384 e. The lowest BCUT2D eigenvalue weighted by molar-refractivity contribution is -0.177. The molecule has 2 aliphatic rings. The lowest BCUT2D eigenvalue weighted by atomic mass is 9.55. The number of anilines is 1. The van der Waals surface area contributed by atoms with Crippen molar-refractivity contribution in [1.29, 1.82) is 0 Å². The van der Waals surface area contributed by atoms with Gasteiger partial charge in [-0.15, -0.1) is 0 Å². The van der Waals surface area contributed by atoms with E-state index in [1.54, 1.807) is 7.11 Å². The van der Waals surface area contributed by atoms with E-state index in [1.165, 1.54) is 24.1 Å². The van der Waals surface area contributed by atoms with Crippen LogP contribution in [-0.2, 0) is 15.9 Å². The summed E-state index contributed by atoms with van der Waals surface area (Å²) in [5.41, 5.74) is 2.81. The first-order valence-electron chi connectivity index (χ1n) is 8.09. The highest BCUT2D eigenvalue weighted by Gasteiger charge is 2.57. The maximum atomic E-state index is 6.00. The Balaban J connectivity index is 1.74. The van der Waals surface area contributed by atoms with Crippen LogP contribution in [0.2, 0.25) is 0 Å². The summed E-state index contributed by atoms with van der Waals surface area (Å²) in [5, 5.41) is 3.81. The highest BCUT2D eigenvalue weighted by atomic mass is 16.5. The zero-order valence-electron chi connectivity index (χ0n) is 13.4. The molecule has 21 heavy (non-hydrogen) atoms. The fourth-order valence-corrected chi connectivity index (χ4v) is 4.07. The molecule has 1 aromatic rings. The van der Waals surface area contributed by atoms with Crippen molar-refractivity contribution in [2.24, 2.45) is 11.3 Å². The van der Waals surface area contributed by atoms with Gasteiger partial charge in [0.05, 0.1) is 12.7 Å². The molecule has 1 saturated carbocycles. The Morgan fingerprint density at radius 2 is 2.14 bits per heavy atom. The first kappa shape index (κ1) is 14.9. The van der Waals surface area contributed by atoms with Crippen LogP contribution in [0, 0.1) is 11.3 Å².